The van der Waals surface area contributed by atoms with Gasteiger partial charge in [0.25, 0.3) is 11.6 Å². The summed E-state index contributed by atoms with van der Waals surface area (Å²) in [5.41, 5.74) is 0.115. The molecule has 6 aliphatic rings. The SMILES string of the molecule is CC(=O)NC1C(OC2C(CO)OC(OC3C(CO)OC(N(Cc4cn(CCOCCOCCOCCNC(=O)CCCCCC5NC(=O)NC5C)nn4)C(C)=O)C(O)C3O)C(O)C2OC2(C(=O)O)CC(O)C(NC(C)=O)C([C@H](O)[C@@H](CO)OC3(C(=O)O)CC(O)C(NC(C)=O)C([C@H](O)[C@H](O)CO)O3)O2)OC(CO)C(O)C1O. The van der Waals surface area contributed by atoms with Gasteiger partial charge in [-0.15, -0.1) is 5.10 Å². The van der Waals surface area contributed by atoms with Crippen LogP contribution in [0.3, 0.4) is 0 Å². The second-order valence-corrected chi connectivity index (χ2v) is 27.9. The van der Waals surface area contributed by atoms with E-state index >= 15 is 0 Å². The first kappa shape index (κ1) is 92.8. The number of amides is 7. The molecule has 25 unspecified atom stereocenters. The van der Waals surface area contributed by atoms with E-state index in [0.717, 1.165) is 58.3 Å². The number of aliphatic carboxylic acids is 2. The van der Waals surface area contributed by atoms with Crippen LogP contribution in [0.5, 0.6) is 0 Å². The fourth-order valence-electron chi connectivity index (χ4n) is 13.8. The molecular weight excluding hydrogens is 1510 g/mol. The number of carbonyl (C=O) groups excluding carboxylic acids is 6. The highest BCUT2D eigenvalue weighted by molar-refractivity contribution is 5.79. The Hall–Kier alpha value is -6.38. The monoisotopic (exact) mass is 1620 g/mol. The van der Waals surface area contributed by atoms with E-state index in [2.05, 4.69) is 42.2 Å². The summed E-state index contributed by atoms with van der Waals surface area (Å²) in [6, 6.07) is -5.71. The summed E-state index contributed by atoms with van der Waals surface area (Å²) < 4.78 is 71.7. The Bertz CT molecular complexity index is 3190. The van der Waals surface area contributed by atoms with Gasteiger partial charge in [0, 0.05) is 59.5 Å². The highest BCUT2D eigenvalue weighted by Crippen LogP contribution is 2.42. The fourth-order valence-corrected chi connectivity index (χ4v) is 13.8. The Morgan fingerprint density at radius 2 is 1.18 bits per heavy atom. The smallest absolute Gasteiger partial charge is 0.364 e. The van der Waals surface area contributed by atoms with Crippen molar-refractivity contribution in [2.75, 3.05) is 79.2 Å². The lowest BCUT2D eigenvalue weighted by Crippen LogP contribution is -2.72. The van der Waals surface area contributed by atoms with Crippen LogP contribution in [0, 0.1) is 0 Å². The summed E-state index contributed by atoms with van der Waals surface area (Å²) in [4.78, 5) is 103. The predicted octanol–water partition coefficient (Wildman–Crippen LogP) is -12.2. The highest BCUT2D eigenvalue weighted by Gasteiger charge is 2.64. The van der Waals surface area contributed by atoms with Gasteiger partial charge >= 0.3 is 18.0 Å². The van der Waals surface area contributed by atoms with Crippen molar-refractivity contribution in [1.29, 1.82) is 0 Å². The van der Waals surface area contributed by atoms with E-state index in [1.54, 1.807) is 0 Å². The molecular formula is C65H108N10O37. The molecule has 6 aliphatic heterocycles. The Morgan fingerprint density at radius 3 is 1.74 bits per heavy atom. The van der Waals surface area contributed by atoms with Crippen LogP contribution in [0.2, 0.25) is 0 Å². The topological polar surface area (TPSA) is 697 Å². The van der Waals surface area contributed by atoms with E-state index in [1.165, 1.54) is 10.9 Å². The standard InChI is InChI=1S/C65H108N10O37/c1-28-34(71-63(100)67-28)9-7-6-8-10-42(88)66-11-13-101-15-17-103-18-16-102-14-12-74-21-33(72-73-74)22-75(32(5)84)58-51(94)50(93)53(40(26-79)104-58)107-60-52(95)57(54(41(27-80)106-60)108-59-45(70-31(4)83)49(92)47(90)38(24-77)105-59)112-65(62(98)99)20-36(86)44(69-30(3)82)56(111-65)48(91)39(25-78)109-64(61(96)97)19-35(85)43(68-29(2)81)55(110-64)46(89)37(87)23-76/h21,28,34-41,43-60,76-80,85-87,89-95H,6-20,22-27H2,1-5H3,(H,66,88)(H,68,81)(H,69,82)(H,70,83)(H,96,97)(H,98,99)(H2,67,71,100)/t28?,34?,35?,36?,37-,38?,39-,40?,41?,43?,44?,45?,46-,47?,48-,49?,50?,51?,52?,53?,54?,55?,56?,57?,58?,59?,60?,64?,65?/m1/s1. The van der Waals surface area contributed by atoms with Crippen LogP contribution in [-0.2, 0) is 103 Å². The molecule has 0 aromatic carbocycles. The Kier molecular flexibility index (Phi) is 35.6. The number of carboxylic acids is 2. The zero-order valence-corrected chi connectivity index (χ0v) is 62.1. The van der Waals surface area contributed by atoms with Crippen LogP contribution < -0.4 is 31.9 Å². The van der Waals surface area contributed by atoms with Crippen molar-refractivity contribution in [2.24, 2.45) is 0 Å². The number of hydrogen-bond acceptors (Lipinski definition) is 37. The molecule has 112 heavy (non-hydrogen) atoms. The predicted molar refractivity (Wildman–Crippen MR) is 363 cm³/mol. The second kappa shape index (κ2) is 43.0. The lowest BCUT2D eigenvalue weighted by atomic mass is 9.87. The summed E-state index contributed by atoms with van der Waals surface area (Å²) in [7, 11) is 0. The number of ether oxygens (including phenoxy) is 12. The van der Waals surface area contributed by atoms with Crippen molar-refractivity contribution in [2.45, 2.75) is 269 Å². The molecule has 29 atom stereocenters. The number of nitrogens with one attached hydrogen (secondary N) is 6. The molecule has 6 saturated heterocycles. The third-order valence-corrected chi connectivity index (χ3v) is 19.6. The molecule has 0 aliphatic carbocycles. The van der Waals surface area contributed by atoms with Gasteiger partial charge in [0.05, 0.1) is 122 Å². The summed E-state index contributed by atoms with van der Waals surface area (Å²) >= 11 is 0. The molecule has 640 valence electrons. The van der Waals surface area contributed by atoms with Crippen molar-refractivity contribution in [1.82, 2.24) is 51.8 Å². The average Bonchev–Trinajstić information content (AvgIpc) is 0.897. The molecule has 0 radical (unpaired) electrons. The Morgan fingerprint density at radius 1 is 0.625 bits per heavy atom. The van der Waals surface area contributed by atoms with Gasteiger partial charge < -0.3 is 180 Å². The van der Waals surface area contributed by atoms with Crippen LogP contribution >= 0.6 is 0 Å². The maximum absolute atomic E-state index is 14.1. The minimum absolute atomic E-state index is 0.0655. The van der Waals surface area contributed by atoms with E-state index in [9.17, 15) is 125 Å². The molecule has 1 aromatic rings. The molecule has 7 heterocycles. The number of unbranched alkanes of at least 4 members (excludes halogenated alkanes) is 2. The van der Waals surface area contributed by atoms with Crippen LogP contribution in [0.15, 0.2) is 6.20 Å². The van der Waals surface area contributed by atoms with Gasteiger partial charge in [0.1, 0.15) is 116 Å². The first-order chi connectivity index (χ1) is 53.1. The normalized spacial score (nSPS) is 35.2. The summed E-state index contributed by atoms with van der Waals surface area (Å²) in [5, 5.41) is 214. The number of aliphatic hydroxyl groups is 15. The van der Waals surface area contributed by atoms with Crippen molar-refractivity contribution >= 4 is 47.5 Å². The van der Waals surface area contributed by atoms with E-state index < -0.39 is 252 Å². The van der Waals surface area contributed by atoms with E-state index in [4.69, 9.17) is 56.8 Å². The molecule has 7 amide bonds. The number of carboxylic acid groups (broad SMARTS) is 2. The third-order valence-electron chi connectivity index (χ3n) is 19.6. The molecule has 0 saturated carbocycles. The first-order valence-electron chi connectivity index (χ1n) is 36.4. The molecule has 1 aromatic heterocycles. The van der Waals surface area contributed by atoms with Crippen molar-refractivity contribution in [3.05, 3.63) is 11.9 Å². The molecule has 23 N–H and O–H groups in total. The Labute approximate surface area is 639 Å². The van der Waals surface area contributed by atoms with Crippen LogP contribution in [0.1, 0.15) is 85.3 Å². The van der Waals surface area contributed by atoms with Gasteiger partial charge in [0.2, 0.25) is 29.5 Å². The summed E-state index contributed by atoms with van der Waals surface area (Å²) in [6.07, 6.45) is -46.8. The lowest BCUT2D eigenvalue weighted by molar-refractivity contribution is -0.400. The number of carbonyl (C=O) groups is 8. The second-order valence-electron chi connectivity index (χ2n) is 27.9. The number of hydrogen-bond donors (Lipinski definition) is 23. The van der Waals surface area contributed by atoms with Crippen molar-refractivity contribution in [3.63, 3.8) is 0 Å². The molecule has 6 fully saturated rings. The van der Waals surface area contributed by atoms with Crippen LogP contribution in [-0.4, -0.2) is 410 Å². The molecule has 47 heteroatoms. The maximum atomic E-state index is 14.1. The van der Waals surface area contributed by atoms with Gasteiger partial charge in [0.15, 0.2) is 18.8 Å². The van der Waals surface area contributed by atoms with Crippen LogP contribution in [0.4, 0.5) is 4.79 Å². The van der Waals surface area contributed by atoms with Gasteiger partial charge in [-0.05, 0) is 19.8 Å². The number of nitrogens with zero attached hydrogens (tertiary/aromatic N) is 4. The molecule has 47 nitrogen and oxygen atoms in total. The largest absolute Gasteiger partial charge is 0.477 e. The number of aliphatic hydroxyl groups excluding tert-OH is 15. The highest BCUT2D eigenvalue weighted by atomic mass is 16.8. The summed E-state index contributed by atoms with van der Waals surface area (Å²) in [5.74, 6) is -15.2. The zero-order chi connectivity index (χ0) is 82.6. The quantitative estimate of drug-likeness (QED) is 0.0270. The fraction of sp³-hybridized carbons (Fsp3) is 0.846. The first-order valence-corrected chi connectivity index (χ1v) is 36.4. The van der Waals surface area contributed by atoms with Gasteiger partial charge in [-0.25, -0.2) is 19.1 Å². The van der Waals surface area contributed by atoms with Gasteiger partial charge in [-0.1, -0.05) is 18.1 Å². The van der Waals surface area contributed by atoms with Crippen molar-refractivity contribution < 1.29 is 182 Å². The molecule has 0 bridgehead atoms. The lowest BCUT2D eigenvalue weighted by Gasteiger charge is -2.53. The minimum atomic E-state index is -3.61. The van der Waals surface area contributed by atoms with Gasteiger partial charge in [-0.2, -0.15) is 0 Å². The van der Waals surface area contributed by atoms with E-state index in [1.807, 2.05) is 6.92 Å². The van der Waals surface area contributed by atoms with E-state index in [0.29, 0.717) is 13.0 Å². The average molecular weight is 1620 g/mol. The number of aromatic nitrogens is 3. The molecule has 0 spiro atoms. The minimum Gasteiger partial charge on any atom is -0.477 e. The maximum Gasteiger partial charge on any atom is 0.364 e. The molecule has 7 rings (SSSR count). The summed E-state index contributed by atoms with van der Waals surface area (Å²) in [6.45, 7) is 0.838. The van der Waals surface area contributed by atoms with Crippen LogP contribution in [0.25, 0.3) is 0 Å². The number of rotatable bonds is 43. The van der Waals surface area contributed by atoms with E-state index in [-0.39, 0.29) is 75.9 Å². The van der Waals surface area contributed by atoms with Gasteiger partial charge in [-0.3, -0.25) is 24.0 Å². The number of urea groups is 1. The third kappa shape index (κ3) is 23.9. The Balaban J connectivity index is 1.05. The van der Waals surface area contributed by atoms with Crippen molar-refractivity contribution in [3.8, 4) is 0 Å². The zero-order valence-electron chi connectivity index (χ0n) is 62.1.